The van der Waals surface area contributed by atoms with Gasteiger partial charge in [0.05, 0.1) is 13.2 Å². The third kappa shape index (κ3) is 10.7. The zero-order valence-electron chi connectivity index (χ0n) is 38.9. The van der Waals surface area contributed by atoms with Crippen LogP contribution in [0.3, 0.4) is 0 Å². The van der Waals surface area contributed by atoms with E-state index in [1.54, 1.807) is 49.6 Å². The molecule has 3 atom stereocenters. The maximum atomic E-state index is 15.0. The molecule has 1 spiro atoms. The Morgan fingerprint density at radius 2 is 1.79 bits per heavy atom. The largest absolute Gasteiger partial charge is 0.494 e. The maximum Gasteiger partial charge on any atom is 0.329 e. The van der Waals surface area contributed by atoms with Gasteiger partial charge >= 0.3 is 5.97 Å². The molecule has 13 heteroatoms. The van der Waals surface area contributed by atoms with Crippen molar-refractivity contribution < 1.29 is 33.4 Å². The summed E-state index contributed by atoms with van der Waals surface area (Å²) >= 11 is 6.32. The number of carbonyl (C=O) groups is 3. The van der Waals surface area contributed by atoms with Gasteiger partial charge in [-0.1, -0.05) is 43.6 Å². The molecular weight excluding hydrogens is 869 g/mol. The van der Waals surface area contributed by atoms with Crippen LogP contribution >= 0.6 is 11.6 Å². The summed E-state index contributed by atoms with van der Waals surface area (Å²) in [4.78, 5) is 48.3. The fourth-order valence-electron chi connectivity index (χ4n) is 10.8. The Hall–Kier alpha value is -6.01. The van der Waals surface area contributed by atoms with Gasteiger partial charge < -0.3 is 30.1 Å². The molecule has 3 aliphatic carbocycles. The average Bonchev–Trinajstić information content (AvgIpc) is 3.59. The molecule has 11 nitrogen and oxygen atoms in total. The quantitative estimate of drug-likeness (QED) is 0.0777. The minimum absolute atomic E-state index is 0.0955. The van der Waals surface area contributed by atoms with Crippen LogP contribution in [0, 0.1) is 17.7 Å². The number of fused-ring (bicyclic) bond motifs is 3. The molecule has 1 fully saturated rings. The molecule has 0 bridgehead atoms. The molecule has 352 valence electrons. The van der Waals surface area contributed by atoms with E-state index in [2.05, 4.69) is 46.6 Å². The van der Waals surface area contributed by atoms with Crippen molar-refractivity contribution in [1.82, 2.24) is 14.9 Å². The van der Waals surface area contributed by atoms with Crippen LogP contribution in [0.25, 0.3) is 11.1 Å². The molecule has 2 heterocycles. The molecule has 2 amide bonds. The van der Waals surface area contributed by atoms with Gasteiger partial charge in [-0.2, -0.15) is 0 Å². The third-order valence-corrected chi connectivity index (χ3v) is 14.6. The van der Waals surface area contributed by atoms with E-state index < -0.39 is 17.3 Å². The van der Waals surface area contributed by atoms with Gasteiger partial charge in [0.2, 0.25) is 11.8 Å². The number of aliphatic carboxylic acids is 1. The molecule has 8 rings (SSSR count). The first-order valence-electron chi connectivity index (χ1n) is 23.6. The Morgan fingerprint density at radius 1 is 0.985 bits per heavy atom. The number of halogens is 2. The van der Waals surface area contributed by atoms with E-state index in [1.807, 2.05) is 30.5 Å². The van der Waals surface area contributed by atoms with E-state index in [0.29, 0.717) is 73.3 Å². The number of rotatable bonds is 17. The first-order chi connectivity index (χ1) is 32.2. The number of carbonyl (C=O) groups excluding carboxylic acids is 2. The van der Waals surface area contributed by atoms with E-state index >= 15 is 0 Å². The Bertz CT molecular complexity index is 2600. The number of aromatic nitrogens is 2. The van der Waals surface area contributed by atoms with E-state index in [-0.39, 0.29) is 42.0 Å². The van der Waals surface area contributed by atoms with E-state index in [0.717, 1.165) is 60.4 Å². The van der Waals surface area contributed by atoms with Gasteiger partial charge in [0.15, 0.2) is 0 Å². The van der Waals surface area contributed by atoms with Crippen LogP contribution in [-0.2, 0) is 39.2 Å². The fraction of sp³-hybridized carbons (Fsp3) is 0.426. The van der Waals surface area contributed by atoms with Crippen LogP contribution in [0.5, 0.6) is 11.5 Å². The van der Waals surface area contributed by atoms with Crippen LogP contribution in [-0.4, -0.2) is 63.6 Å². The zero-order valence-corrected chi connectivity index (χ0v) is 39.6. The summed E-state index contributed by atoms with van der Waals surface area (Å²) in [5.74, 6) is 1.40. The van der Waals surface area contributed by atoms with Gasteiger partial charge in [-0.05, 0) is 165 Å². The number of aryl methyl sites for hydroxylation is 1. The number of hydrogen-bond donors (Lipinski definition) is 3. The van der Waals surface area contributed by atoms with Crippen molar-refractivity contribution in [3.63, 3.8) is 0 Å². The molecule has 3 aromatic carbocycles. The van der Waals surface area contributed by atoms with E-state index in [4.69, 9.17) is 21.1 Å². The molecule has 2 aromatic heterocycles. The van der Waals surface area contributed by atoms with E-state index in [1.165, 1.54) is 34.6 Å². The van der Waals surface area contributed by atoms with Gasteiger partial charge in [0.1, 0.15) is 28.7 Å². The van der Waals surface area contributed by atoms with Gasteiger partial charge in [0.25, 0.3) is 0 Å². The minimum Gasteiger partial charge on any atom is -0.494 e. The van der Waals surface area contributed by atoms with Gasteiger partial charge in [0, 0.05) is 72.4 Å². The number of amides is 2. The highest BCUT2D eigenvalue weighted by Crippen LogP contribution is 2.57. The van der Waals surface area contributed by atoms with Crippen molar-refractivity contribution >= 4 is 40.9 Å². The average molecular weight is 931 g/mol. The molecular formula is C54H61ClFN5O6. The van der Waals surface area contributed by atoms with Crippen LogP contribution in [0.4, 0.5) is 15.9 Å². The van der Waals surface area contributed by atoms with Crippen LogP contribution in [0.1, 0.15) is 112 Å². The number of carboxylic acid groups (broad SMARTS) is 1. The number of hydrogen-bond acceptors (Lipinski definition) is 8. The second-order valence-electron chi connectivity index (χ2n) is 19.1. The Labute approximate surface area is 397 Å². The first kappa shape index (κ1) is 47.5. The van der Waals surface area contributed by atoms with Gasteiger partial charge in [-0.3, -0.25) is 14.6 Å². The Balaban J connectivity index is 0.927. The lowest BCUT2D eigenvalue weighted by Gasteiger charge is -2.47. The highest BCUT2D eigenvalue weighted by molar-refractivity contribution is 6.30. The number of ether oxygens (including phenoxy) is 2. The molecule has 0 aliphatic heterocycles. The predicted octanol–water partition coefficient (Wildman–Crippen LogP) is 11.2. The lowest BCUT2D eigenvalue weighted by atomic mass is 9.59. The molecule has 1 unspecified atom stereocenters. The number of benzene rings is 3. The van der Waals surface area contributed by atoms with Gasteiger partial charge in [-0.25, -0.2) is 14.2 Å². The zero-order chi connectivity index (χ0) is 47.3. The smallest absolute Gasteiger partial charge is 0.329 e. The molecule has 5 aromatic rings. The lowest BCUT2D eigenvalue weighted by molar-refractivity contribution is -0.144. The van der Waals surface area contributed by atoms with Crippen molar-refractivity contribution in [2.24, 2.45) is 11.8 Å². The van der Waals surface area contributed by atoms with Crippen LogP contribution in [0.2, 0.25) is 5.02 Å². The molecule has 1 saturated carbocycles. The summed E-state index contributed by atoms with van der Waals surface area (Å²) < 4.78 is 27.9. The minimum atomic E-state index is -1.14. The normalized spacial score (nSPS) is 21.2. The number of nitrogens with zero attached hydrogens (tertiary/aromatic N) is 3. The third-order valence-electron chi connectivity index (χ3n) is 14.3. The summed E-state index contributed by atoms with van der Waals surface area (Å²) in [5.41, 5.74) is 6.06. The summed E-state index contributed by atoms with van der Waals surface area (Å²) in [6, 6.07) is 23.8. The second-order valence-corrected chi connectivity index (χ2v) is 19.6. The Morgan fingerprint density at radius 3 is 2.54 bits per heavy atom. The molecule has 3 aliphatic rings. The molecule has 67 heavy (non-hydrogen) atoms. The van der Waals surface area contributed by atoms with Crippen LogP contribution < -0.4 is 20.1 Å². The number of carboxylic acids is 1. The summed E-state index contributed by atoms with van der Waals surface area (Å²) in [5, 5.41) is 17.3. The van der Waals surface area contributed by atoms with Gasteiger partial charge in [-0.15, -0.1) is 0 Å². The van der Waals surface area contributed by atoms with Crippen molar-refractivity contribution in [2.45, 2.75) is 115 Å². The standard InChI is InChI=1S/C54H61ClFN5O6/c1-34(33-67-48-19-24-57-47-11-5-8-35(2)51(47)48)26-41-28-38-13-16-44(30-45(38)53(41)20-22-54(23-21-53,52(64)65)60-43-10-6-9-42(55)29-43)66-25-7-12-50(63)61(4)32-40-27-37(14-17-46(40)56)39-15-18-49(58-31-39)59-36(3)62/h6,9-10,13-19,24,27,29-31,34-35,41,60H,5,7-8,11-12,20-23,25-26,28,32-33H2,1-4H3,(H,64,65)(H,58,59,62)/t34-,35-,41?,53?,54?/m1/s1. The van der Waals surface area contributed by atoms with Crippen molar-refractivity contribution in [3.8, 4) is 22.6 Å². The lowest BCUT2D eigenvalue weighted by Crippen LogP contribution is -2.53. The second kappa shape index (κ2) is 20.5. The SMILES string of the molecule is CC(=O)Nc1ccc(-c2ccc(F)c(CN(C)C(=O)CCCOc3ccc4c(c3)C3(CCC(Nc5cccc(Cl)c5)(C(=O)O)CC3)C(C[C@@H](C)COc3ccnc5c3[C@H](C)CCC5)C4)c2)cn1. The summed E-state index contributed by atoms with van der Waals surface area (Å²) in [6.45, 7) is 6.93. The first-order valence-corrected chi connectivity index (χ1v) is 24.0. The fourth-order valence-corrected chi connectivity index (χ4v) is 11.0. The maximum absolute atomic E-state index is 15.0. The highest BCUT2D eigenvalue weighted by Gasteiger charge is 2.54. The monoisotopic (exact) mass is 929 g/mol. The van der Waals surface area contributed by atoms with E-state index in [9.17, 15) is 23.9 Å². The summed E-state index contributed by atoms with van der Waals surface area (Å²) in [6.07, 6.45) is 11.5. The van der Waals surface area contributed by atoms with Crippen molar-refractivity contribution in [1.29, 1.82) is 0 Å². The molecule has 3 N–H and O–H groups in total. The number of nitrogens with one attached hydrogen (secondary N) is 2. The molecule has 0 saturated heterocycles. The Kier molecular flexibility index (Phi) is 14.5. The summed E-state index contributed by atoms with van der Waals surface area (Å²) in [7, 11) is 1.67. The number of pyridine rings is 2. The van der Waals surface area contributed by atoms with Crippen LogP contribution in [0.15, 0.2) is 91.3 Å². The van der Waals surface area contributed by atoms with Crippen molar-refractivity contribution in [3.05, 3.63) is 130 Å². The topological polar surface area (TPSA) is 143 Å². The highest BCUT2D eigenvalue weighted by atomic mass is 35.5. The van der Waals surface area contributed by atoms with Crippen molar-refractivity contribution in [2.75, 3.05) is 30.9 Å². The predicted molar refractivity (Wildman–Crippen MR) is 259 cm³/mol. The number of anilines is 2. The molecule has 0 radical (unpaired) electrons.